The second-order valence-corrected chi connectivity index (χ2v) is 10.2. The molecule has 9 nitrogen and oxygen atoms in total. The monoisotopic (exact) mass is 609 g/mol. The third-order valence-electron chi connectivity index (χ3n) is 6.45. The number of pyridine rings is 2. The molecule has 2 aromatic carbocycles. The van der Waals surface area contributed by atoms with Crippen LogP contribution >= 0.6 is 11.6 Å². The van der Waals surface area contributed by atoms with Gasteiger partial charge >= 0.3 is 12.1 Å². The highest BCUT2D eigenvalue weighted by Gasteiger charge is 2.36. The molecule has 1 amide bonds. The van der Waals surface area contributed by atoms with Crippen molar-refractivity contribution in [3.05, 3.63) is 107 Å². The number of carboxylic acid groups (broad SMARTS) is 1. The lowest BCUT2D eigenvalue weighted by Gasteiger charge is -2.28. The van der Waals surface area contributed by atoms with Gasteiger partial charge in [0.05, 0.1) is 34.5 Å². The Morgan fingerprint density at radius 1 is 1.02 bits per heavy atom. The summed E-state index contributed by atoms with van der Waals surface area (Å²) < 4.78 is 49.4. The van der Waals surface area contributed by atoms with Crippen LogP contribution in [-0.4, -0.2) is 42.8 Å². The normalized spacial score (nSPS) is 11.6. The number of amides is 1. The number of nitrogens with zero attached hydrogens (tertiary/aromatic N) is 5. The van der Waals surface area contributed by atoms with Crippen molar-refractivity contribution in [3.63, 3.8) is 0 Å². The van der Waals surface area contributed by atoms with Gasteiger partial charge in [0.2, 0.25) is 5.88 Å². The number of ether oxygens (including phenoxy) is 1. The molecule has 0 atom stereocenters. The molecule has 0 aliphatic carbocycles. The van der Waals surface area contributed by atoms with Gasteiger partial charge in [0.25, 0.3) is 5.91 Å². The zero-order valence-electron chi connectivity index (χ0n) is 22.7. The number of fused-ring (bicyclic) bond motifs is 1. The van der Waals surface area contributed by atoms with E-state index in [0.29, 0.717) is 5.02 Å². The molecule has 5 aromatic rings. The van der Waals surface area contributed by atoms with Crippen molar-refractivity contribution >= 4 is 40.1 Å². The van der Waals surface area contributed by atoms with Crippen LogP contribution in [0.25, 0.3) is 10.9 Å². The van der Waals surface area contributed by atoms with Crippen LogP contribution in [0.2, 0.25) is 5.02 Å². The van der Waals surface area contributed by atoms with Crippen LogP contribution in [0.15, 0.2) is 79.3 Å². The highest BCUT2D eigenvalue weighted by molar-refractivity contribution is 6.30. The summed E-state index contributed by atoms with van der Waals surface area (Å²) >= 11 is 5.87. The highest BCUT2D eigenvalue weighted by atomic mass is 35.5. The van der Waals surface area contributed by atoms with Gasteiger partial charge < -0.3 is 14.7 Å². The lowest BCUT2D eigenvalue weighted by molar-refractivity contribution is -0.138. The highest BCUT2D eigenvalue weighted by Crippen LogP contribution is 2.38. The molecule has 13 heteroatoms. The number of carbonyl (C=O) groups excluding carboxylic acids is 1. The van der Waals surface area contributed by atoms with Crippen LogP contribution in [0.1, 0.15) is 45.8 Å². The number of para-hydroxylation sites is 1. The van der Waals surface area contributed by atoms with E-state index < -0.39 is 35.5 Å². The average molecular weight is 610 g/mol. The number of aromatic nitrogens is 4. The Bertz CT molecular complexity index is 1820. The molecule has 5 rings (SSSR count). The zero-order valence-corrected chi connectivity index (χ0v) is 23.5. The van der Waals surface area contributed by atoms with Crippen LogP contribution in [0.3, 0.4) is 0 Å². The van der Waals surface area contributed by atoms with E-state index in [1.54, 1.807) is 30.8 Å². The molecule has 0 spiro atoms. The summed E-state index contributed by atoms with van der Waals surface area (Å²) in [7, 11) is 0. The van der Waals surface area contributed by atoms with Crippen molar-refractivity contribution in [3.8, 4) is 11.6 Å². The van der Waals surface area contributed by atoms with E-state index in [9.17, 15) is 27.9 Å². The van der Waals surface area contributed by atoms with Gasteiger partial charge in [-0.2, -0.15) is 18.3 Å². The van der Waals surface area contributed by atoms with Crippen molar-refractivity contribution in [2.24, 2.45) is 0 Å². The first-order chi connectivity index (χ1) is 20.4. The Hall–Kier alpha value is -4.97. The molecule has 3 aromatic heterocycles. The second kappa shape index (κ2) is 11.7. The topological polar surface area (TPSA) is 110 Å². The Kier molecular flexibility index (Phi) is 8.05. The molecule has 0 aliphatic heterocycles. The molecule has 0 fully saturated rings. The maximum atomic E-state index is 14.1. The average Bonchev–Trinajstić information content (AvgIpc) is 3.36. The molecule has 1 N–H and O–H groups in total. The summed E-state index contributed by atoms with van der Waals surface area (Å²) in [6.07, 6.45) is -0.678. The minimum Gasteiger partial charge on any atom is -0.478 e. The summed E-state index contributed by atoms with van der Waals surface area (Å²) in [5, 5.41) is 15.4. The number of alkyl halides is 3. The number of carbonyl (C=O) groups is 2. The van der Waals surface area contributed by atoms with Crippen LogP contribution in [-0.2, 0) is 12.7 Å². The van der Waals surface area contributed by atoms with E-state index in [0.717, 1.165) is 23.0 Å². The second-order valence-electron chi connectivity index (χ2n) is 9.77. The number of anilines is 1. The number of benzene rings is 2. The number of hydrogen-bond donors (Lipinski definition) is 1. The molecular formula is C30H23ClF3N5O4. The quantitative estimate of drug-likeness (QED) is 0.200. The van der Waals surface area contributed by atoms with Crippen molar-refractivity contribution in [1.29, 1.82) is 0 Å². The first-order valence-corrected chi connectivity index (χ1v) is 13.3. The minimum absolute atomic E-state index is 0.00222. The first kappa shape index (κ1) is 29.5. The molecule has 3 heterocycles. The zero-order chi connectivity index (χ0) is 30.9. The number of carboxylic acids is 1. The van der Waals surface area contributed by atoms with Gasteiger partial charge in [0.15, 0.2) is 0 Å². The van der Waals surface area contributed by atoms with Crippen LogP contribution in [0.5, 0.6) is 11.6 Å². The first-order valence-electron chi connectivity index (χ1n) is 12.9. The third kappa shape index (κ3) is 6.28. The molecular weight excluding hydrogens is 587 g/mol. The molecule has 0 unspecified atom stereocenters. The molecule has 220 valence electrons. The van der Waals surface area contributed by atoms with Crippen molar-refractivity contribution in [2.45, 2.75) is 32.6 Å². The third-order valence-corrected chi connectivity index (χ3v) is 6.67. The van der Waals surface area contributed by atoms with Gasteiger partial charge in [0.1, 0.15) is 17.0 Å². The molecule has 0 radical (unpaired) electrons. The molecule has 0 saturated carbocycles. The van der Waals surface area contributed by atoms with Crippen LogP contribution < -0.4 is 9.64 Å². The lowest BCUT2D eigenvalue weighted by Crippen LogP contribution is -2.38. The molecule has 0 saturated heterocycles. The number of hydrogen-bond acceptors (Lipinski definition) is 6. The fourth-order valence-electron chi connectivity index (χ4n) is 4.51. The van der Waals surface area contributed by atoms with Crippen molar-refractivity contribution in [2.75, 3.05) is 4.90 Å². The number of rotatable bonds is 8. The summed E-state index contributed by atoms with van der Waals surface area (Å²) in [4.78, 5) is 34.7. The van der Waals surface area contributed by atoms with E-state index in [-0.39, 0.29) is 34.8 Å². The Morgan fingerprint density at radius 3 is 2.47 bits per heavy atom. The lowest BCUT2D eigenvalue weighted by atomic mass is 10.1. The van der Waals surface area contributed by atoms with Gasteiger partial charge in [-0.25, -0.2) is 14.8 Å². The van der Waals surface area contributed by atoms with Crippen LogP contribution in [0.4, 0.5) is 18.9 Å². The van der Waals surface area contributed by atoms with Gasteiger partial charge in [-0.1, -0.05) is 29.8 Å². The molecule has 0 aliphatic rings. The predicted molar refractivity (Wildman–Crippen MR) is 153 cm³/mol. The molecule has 0 bridgehead atoms. The Labute approximate surface area is 248 Å². The predicted octanol–water partition coefficient (Wildman–Crippen LogP) is 7.09. The Morgan fingerprint density at radius 2 is 1.79 bits per heavy atom. The largest absolute Gasteiger partial charge is 0.478 e. The maximum absolute atomic E-state index is 14.1. The van der Waals surface area contributed by atoms with E-state index in [1.807, 2.05) is 18.2 Å². The van der Waals surface area contributed by atoms with E-state index in [2.05, 4.69) is 15.1 Å². The van der Waals surface area contributed by atoms with E-state index >= 15 is 0 Å². The van der Waals surface area contributed by atoms with Gasteiger partial charge in [0, 0.05) is 23.8 Å². The fraction of sp³-hybridized carbons (Fsp3) is 0.167. The number of aromatic carboxylic acids is 1. The van der Waals surface area contributed by atoms with Crippen molar-refractivity contribution in [1.82, 2.24) is 19.7 Å². The van der Waals surface area contributed by atoms with Gasteiger partial charge in [-0.3, -0.25) is 9.48 Å². The van der Waals surface area contributed by atoms with Crippen LogP contribution in [0, 0.1) is 0 Å². The fourth-order valence-corrected chi connectivity index (χ4v) is 4.62. The summed E-state index contributed by atoms with van der Waals surface area (Å²) in [5.41, 5.74) is -0.505. The Balaban J connectivity index is 1.47. The SMILES string of the molecule is CC(C)N(C(=O)c1ccc(Cl)cn1)c1ccc(Oc2ncc(Cn3ncc4ccccc43)cc2C(F)(F)F)cc1C(=O)O. The maximum Gasteiger partial charge on any atom is 0.421 e. The number of halogens is 4. The minimum atomic E-state index is -4.83. The van der Waals surface area contributed by atoms with E-state index in [1.165, 1.54) is 41.6 Å². The smallest absolute Gasteiger partial charge is 0.421 e. The summed E-state index contributed by atoms with van der Waals surface area (Å²) in [6.45, 7) is 3.39. The molecule has 43 heavy (non-hydrogen) atoms. The van der Waals surface area contributed by atoms with Gasteiger partial charge in [-0.15, -0.1) is 0 Å². The summed E-state index contributed by atoms with van der Waals surface area (Å²) in [5.74, 6) is -2.99. The standard InChI is InChI=1S/C30H23ClF3N5O4/c1-17(2)39(28(40)24-9-7-20(31)15-35-24)26-10-8-21(12-22(26)29(41)42)43-27-23(30(32,33)34)11-18(13-36-27)16-38-25-6-4-3-5-19(25)14-37-38/h3-15,17H,16H2,1-2H3,(H,41,42). The van der Waals surface area contributed by atoms with Gasteiger partial charge in [-0.05, 0) is 61.9 Å². The summed E-state index contributed by atoms with van der Waals surface area (Å²) in [6, 6.07) is 14.2. The van der Waals surface area contributed by atoms with E-state index in [4.69, 9.17) is 16.3 Å². The van der Waals surface area contributed by atoms with Crippen molar-refractivity contribution < 1.29 is 32.6 Å².